The topological polar surface area (TPSA) is 44.5 Å². The Hall–Kier alpha value is -0.870. The fourth-order valence-corrected chi connectivity index (χ4v) is 3.96. The van der Waals surface area contributed by atoms with Gasteiger partial charge in [0.15, 0.2) is 11.5 Å². The van der Waals surface area contributed by atoms with E-state index in [0.29, 0.717) is 6.10 Å². The molecule has 0 unspecified atom stereocenters. The molecule has 1 aliphatic heterocycles. The summed E-state index contributed by atoms with van der Waals surface area (Å²) in [7, 11) is 1.70. The number of nitrogens with two attached hydrogens (primary N) is 1. The van der Waals surface area contributed by atoms with Gasteiger partial charge in [-0.25, -0.2) is 0 Å². The first kappa shape index (κ1) is 14.1. The van der Waals surface area contributed by atoms with Crippen molar-refractivity contribution in [3.8, 4) is 11.5 Å². The summed E-state index contributed by atoms with van der Waals surface area (Å²) in [5, 5.41) is 0. The van der Waals surface area contributed by atoms with Gasteiger partial charge in [0.1, 0.15) is 6.10 Å². The van der Waals surface area contributed by atoms with Crippen molar-refractivity contribution < 1.29 is 9.47 Å². The predicted molar refractivity (Wildman–Crippen MR) is 83.7 cm³/mol. The lowest BCUT2D eigenvalue weighted by Crippen LogP contribution is -2.43. The highest BCUT2D eigenvalue weighted by molar-refractivity contribution is 7.99. The summed E-state index contributed by atoms with van der Waals surface area (Å²) in [5.74, 6) is 4.06. The Kier molecular flexibility index (Phi) is 4.13. The normalized spacial score (nSPS) is 22.1. The summed E-state index contributed by atoms with van der Waals surface area (Å²) in [5.41, 5.74) is 7.41. The minimum absolute atomic E-state index is 0.146. The van der Waals surface area contributed by atoms with E-state index in [4.69, 9.17) is 15.2 Å². The molecule has 2 aliphatic rings. The van der Waals surface area contributed by atoms with Crippen LogP contribution in [0.1, 0.15) is 37.7 Å². The summed E-state index contributed by atoms with van der Waals surface area (Å²) >= 11 is 2.01. The molecule has 1 heterocycles. The largest absolute Gasteiger partial charge is 0.493 e. The van der Waals surface area contributed by atoms with Crippen LogP contribution in [0.25, 0.3) is 0 Å². The van der Waals surface area contributed by atoms with Crippen molar-refractivity contribution in [2.45, 2.75) is 43.7 Å². The molecule has 0 spiro atoms. The average molecular weight is 293 g/mol. The number of ether oxygens (including phenoxy) is 2. The van der Waals surface area contributed by atoms with Gasteiger partial charge in [-0.05, 0) is 61.3 Å². The minimum Gasteiger partial charge on any atom is -0.493 e. The first-order valence-corrected chi connectivity index (χ1v) is 8.58. The van der Waals surface area contributed by atoms with E-state index in [9.17, 15) is 0 Å². The van der Waals surface area contributed by atoms with Crippen molar-refractivity contribution in [2.24, 2.45) is 5.73 Å². The lowest BCUT2D eigenvalue weighted by molar-refractivity contribution is 0.184. The van der Waals surface area contributed by atoms with E-state index in [-0.39, 0.29) is 5.54 Å². The first-order valence-electron chi connectivity index (χ1n) is 7.43. The molecule has 0 amide bonds. The molecule has 0 bridgehead atoms. The highest BCUT2D eigenvalue weighted by Gasteiger charge is 2.35. The maximum absolute atomic E-state index is 6.38. The zero-order valence-electron chi connectivity index (χ0n) is 12.1. The van der Waals surface area contributed by atoms with Crippen LogP contribution in [-0.4, -0.2) is 24.7 Å². The third kappa shape index (κ3) is 2.77. The Morgan fingerprint density at radius 1 is 1.20 bits per heavy atom. The number of methoxy groups -OCH3 is 1. The molecule has 0 radical (unpaired) electrons. The van der Waals surface area contributed by atoms with Crippen molar-refractivity contribution in [2.75, 3.05) is 18.6 Å². The number of thioether (sulfide) groups is 1. The second-order valence-corrected chi connectivity index (χ2v) is 7.03. The van der Waals surface area contributed by atoms with Crippen LogP contribution in [-0.2, 0) is 5.54 Å². The molecule has 20 heavy (non-hydrogen) atoms. The molecule has 2 fully saturated rings. The van der Waals surface area contributed by atoms with Crippen LogP contribution in [0.2, 0.25) is 0 Å². The summed E-state index contributed by atoms with van der Waals surface area (Å²) in [6, 6.07) is 6.20. The van der Waals surface area contributed by atoms with Crippen molar-refractivity contribution >= 4 is 11.8 Å². The Balaban J connectivity index is 1.77. The van der Waals surface area contributed by atoms with Crippen LogP contribution in [0.4, 0.5) is 0 Å². The van der Waals surface area contributed by atoms with Gasteiger partial charge in [-0.3, -0.25) is 0 Å². The van der Waals surface area contributed by atoms with Gasteiger partial charge in [0.2, 0.25) is 0 Å². The van der Waals surface area contributed by atoms with Gasteiger partial charge < -0.3 is 15.2 Å². The van der Waals surface area contributed by atoms with Crippen LogP contribution < -0.4 is 15.2 Å². The van der Waals surface area contributed by atoms with E-state index < -0.39 is 0 Å². The SMILES string of the molecule is COc1cc(C2(N)CCC2)ccc1OC1CCSCC1. The van der Waals surface area contributed by atoms with Gasteiger partial charge in [0.25, 0.3) is 0 Å². The number of hydrogen-bond donors (Lipinski definition) is 1. The zero-order chi connectivity index (χ0) is 14.0. The second kappa shape index (κ2) is 5.86. The van der Waals surface area contributed by atoms with Crippen LogP contribution in [0.3, 0.4) is 0 Å². The molecule has 2 N–H and O–H groups in total. The Labute approximate surface area is 125 Å². The Bertz CT molecular complexity index is 468. The molecule has 1 saturated carbocycles. The predicted octanol–water partition coefficient (Wildman–Crippen LogP) is 3.31. The van der Waals surface area contributed by atoms with E-state index in [1.54, 1.807) is 7.11 Å². The van der Waals surface area contributed by atoms with Crippen LogP contribution in [0.5, 0.6) is 11.5 Å². The standard InChI is InChI=1S/C16H23NO2S/c1-18-15-11-12(16(17)7-2-8-16)3-4-14(15)19-13-5-9-20-10-6-13/h3-4,11,13H,2,5-10,17H2,1H3. The van der Waals surface area contributed by atoms with E-state index in [1.807, 2.05) is 17.8 Å². The van der Waals surface area contributed by atoms with Gasteiger partial charge >= 0.3 is 0 Å². The van der Waals surface area contributed by atoms with Gasteiger partial charge in [-0.15, -0.1) is 0 Å². The van der Waals surface area contributed by atoms with Gasteiger partial charge in [-0.2, -0.15) is 11.8 Å². The van der Waals surface area contributed by atoms with E-state index in [1.165, 1.54) is 23.5 Å². The maximum Gasteiger partial charge on any atom is 0.161 e. The van der Waals surface area contributed by atoms with E-state index in [0.717, 1.165) is 37.2 Å². The first-order chi connectivity index (χ1) is 9.71. The van der Waals surface area contributed by atoms with Gasteiger partial charge in [-0.1, -0.05) is 6.07 Å². The molecule has 4 heteroatoms. The minimum atomic E-state index is -0.146. The fraction of sp³-hybridized carbons (Fsp3) is 0.625. The van der Waals surface area contributed by atoms with Crippen LogP contribution >= 0.6 is 11.8 Å². The summed E-state index contributed by atoms with van der Waals surface area (Å²) in [6.45, 7) is 0. The summed E-state index contributed by atoms with van der Waals surface area (Å²) in [6.07, 6.45) is 5.92. The van der Waals surface area contributed by atoms with Crippen LogP contribution in [0.15, 0.2) is 18.2 Å². The van der Waals surface area contributed by atoms with E-state index in [2.05, 4.69) is 12.1 Å². The molecule has 0 aromatic heterocycles. The van der Waals surface area contributed by atoms with Crippen molar-refractivity contribution in [1.82, 2.24) is 0 Å². The van der Waals surface area contributed by atoms with Gasteiger partial charge in [0, 0.05) is 5.54 Å². The molecule has 3 nitrogen and oxygen atoms in total. The van der Waals surface area contributed by atoms with Crippen molar-refractivity contribution in [1.29, 1.82) is 0 Å². The van der Waals surface area contributed by atoms with Crippen molar-refractivity contribution in [3.05, 3.63) is 23.8 Å². The fourth-order valence-electron chi connectivity index (χ4n) is 2.89. The monoisotopic (exact) mass is 293 g/mol. The number of rotatable bonds is 4. The summed E-state index contributed by atoms with van der Waals surface area (Å²) in [4.78, 5) is 0. The van der Waals surface area contributed by atoms with Crippen molar-refractivity contribution in [3.63, 3.8) is 0 Å². The highest BCUT2D eigenvalue weighted by Crippen LogP contribution is 2.42. The van der Waals surface area contributed by atoms with Crippen LogP contribution in [0, 0.1) is 0 Å². The average Bonchev–Trinajstić information content (AvgIpc) is 2.46. The highest BCUT2D eigenvalue weighted by atomic mass is 32.2. The zero-order valence-corrected chi connectivity index (χ0v) is 12.9. The third-order valence-electron chi connectivity index (χ3n) is 4.45. The quantitative estimate of drug-likeness (QED) is 0.925. The number of hydrogen-bond acceptors (Lipinski definition) is 4. The lowest BCUT2D eigenvalue weighted by atomic mass is 9.73. The smallest absolute Gasteiger partial charge is 0.161 e. The molecular weight excluding hydrogens is 270 g/mol. The second-order valence-electron chi connectivity index (χ2n) is 5.80. The molecule has 1 aromatic carbocycles. The molecule has 1 saturated heterocycles. The Morgan fingerprint density at radius 2 is 1.95 bits per heavy atom. The molecule has 1 aromatic rings. The molecular formula is C16H23NO2S. The molecule has 3 rings (SSSR count). The third-order valence-corrected chi connectivity index (χ3v) is 5.50. The van der Waals surface area contributed by atoms with E-state index >= 15 is 0 Å². The molecule has 0 atom stereocenters. The Morgan fingerprint density at radius 3 is 2.55 bits per heavy atom. The van der Waals surface area contributed by atoms with Gasteiger partial charge in [0.05, 0.1) is 7.11 Å². The summed E-state index contributed by atoms with van der Waals surface area (Å²) < 4.78 is 11.6. The maximum atomic E-state index is 6.38. The lowest BCUT2D eigenvalue weighted by Gasteiger charge is -2.39. The molecule has 1 aliphatic carbocycles. The number of benzene rings is 1. The molecule has 110 valence electrons.